The molecule has 17 heavy (non-hydrogen) atoms. The van der Waals surface area contributed by atoms with Crippen LogP contribution in [0.3, 0.4) is 0 Å². The van der Waals surface area contributed by atoms with Crippen LogP contribution in [-0.4, -0.2) is 20.9 Å². The van der Waals surface area contributed by atoms with Gasteiger partial charge in [-0.2, -0.15) is 5.10 Å². The van der Waals surface area contributed by atoms with Crippen molar-refractivity contribution in [1.29, 1.82) is 0 Å². The third kappa shape index (κ3) is 3.32. The van der Waals surface area contributed by atoms with E-state index in [1.54, 1.807) is 0 Å². The Morgan fingerprint density at radius 3 is 2.41 bits per heavy atom. The Hall–Kier alpha value is -1.32. The van der Waals surface area contributed by atoms with Crippen LogP contribution in [-0.2, 0) is 17.8 Å². The Bertz CT molecular complexity index is 392. The molecule has 0 unspecified atom stereocenters. The highest BCUT2D eigenvalue weighted by Gasteiger charge is 2.15. The lowest BCUT2D eigenvalue weighted by Gasteiger charge is -2.13. The fraction of sp³-hybridized carbons (Fsp3) is 0.692. The maximum atomic E-state index is 10.8. The van der Waals surface area contributed by atoms with Crippen LogP contribution < -0.4 is 0 Å². The number of aromatic nitrogens is 2. The van der Waals surface area contributed by atoms with Gasteiger partial charge in [0.15, 0.2) is 0 Å². The first-order valence-electron chi connectivity index (χ1n) is 6.24. The Balaban J connectivity index is 2.91. The number of rotatable bonds is 6. The SMILES string of the molecule is CCC(CC)Cn1nc(C)c(CC(=O)O)c1C. The van der Waals surface area contributed by atoms with Crippen molar-refractivity contribution in [3.63, 3.8) is 0 Å². The average Bonchev–Trinajstić information content (AvgIpc) is 2.53. The summed E-state index contributed by atoms with van der Waals surface area (Å²) in [7, 11) is 0. The van der Waals surface area contributed by atoms with E-state index in [9.17, 15) is 4.79 Å². The van der Waals surface area contributed by atoms with E-state index in [1.165, 1.54) is 0 Å². The number of aliphatic carboxylic acids is 1. The van der Waals surface area contributed by atoms with Crippen molar-refractivity contribution in [3.05, 3.63) is 17.0 Å². The zero-order valence-corrected chi connectivity index (χ0v) is 11.2. The van der Waals surface area contributed by atoms with E-state index in [4.69, 9.17) is 5.11 Å². The Morgan fingerprint density at radius 1 is 1.35 bits per heavy atom. The summed E-state index contributed by atoms with van der Waals surface area (Å²) in [6.45, 7) is 9.09. The van der Waals surface area contributed by atoms with Gasteiger partial charge < -0.3 is 5.11 Å². The number of hydrogen-bond acceptors (Lipinski definition) is 2. The van der Waals surface area contributed by atoms with Crippen molar-refractivity contribution in [2.75, 3.05) is 0 Å². The van der Waals surface area contributed by atoms with E-state index in [0.29, 0.717) is 5.92 Å². The van der Waals surface area contributed by atoms with Crippen molar-refractivity contribution in [1.82, 2.24) is 9.78 Å². The molecular formula is C13H22N2O2. The maximum Gasteiger partial charge on any atom is 0.307 e. The first kappa shape index (κ1) is 13.7. The summed E-state index contributed by atoms with van der Waals surface area (Å²) in [5, 5.41) is 13.3. The van der Waals surface area contributed by atoms with Crippen molar-refractivity contribution < 1.29 is 9.90 Å². The molecule has 0 aliphatic carbocycles. The molecule has 1 N–H and O–H groups in total. The standard InChI is InChI=1S/C13H22N2O2/c1-5-11(6-2)8-15-10(4)12(7-13(16)17)9(3)14-15/h11H,5-8H2,1-4H3,(H,16,17). The largest absolute Gasteiger partial charge is 0.481 e. The van der Waals surface area contributed by atoms with Gasteiger partial charge in [-0.1, -0.05) is 26.7 Å². The molecule has 0 amide bonds. The van der Waals surface area contributed by atoms with Gasteiger partial charge in [-0.3, -0.25) is 9.48 Å². The number of carboxylic acids is 1. The van der Waals surface area contributed by atoms with Crippen LogP contribution in [0.4, 0.5) is 0 Å². The number of carbonyl (C=O) groups is 1. The molecule has 0 aliphatic heterocycles. The molecule has 0 spiro atoms. The lowest BCUT2D eigenvalue weighted by molar-refractivity contribution is -0.136. The molecule has 0 aliphatic rings. The third-order valence-electron chi connectivity index (χ3n) is 3.45. The minimum atomic E-state index is -0.793. The summed E-state index contributed by atoms with van der Waals surface area (Å²) < 4.78 is 1.96. The fourth-order valence-corrected chi connectivity index (χ4v) is 2.11. The topological polar surface area (TPSA) is 55.1 Å². The normalized spacial score (nSPS) is 11.1. The predicted molar refractivity (Wildman–Crippen MR) is 67.1 cm³/mol. The number of aryl methyl sites for hydroxylation is 1. The van der Waals surface area contributed by atoms with Crippen molar-refractivity contribution >= 4 is 5.97 Å². The molecule has 4 heteroatoms. The lowest BCUT2D eigenvalue weighted by Crippen LogP contribution is -2.12. The molecule has 0 radical (unpaired) electrons. The minimum Gasteiger partial charge on any atom is -0.481 e. The van der Waals surface area contributed by atoms with E-state index < -0.39 is 5.97 Å². The molecule has 0 aromatic carbocycles. The van der Waals surface area contributed by atoms with Gasteiger partial charge in [0, 0.05) is 17.8 Å². The van der Waals surface area contributed by atoms with Crippen LogP contribution in [0.5, 0.6) is 0 Å². The lowest BCUT2D eigenvalue weighted by atomic mass is 10.0. The van der Waals surface area contributed by atoms with E-state index >= 15 is 0 Å². The predicted octanol–water partition coefficient (Wildman–Crippen LogP) is 2.56. The van der Waals surface area contributed by atoms with Gasteiger partial charge in [0.2, 0.25) is 0 Å². The molecule has 0 atom stereocenters. The third-order valence-corrected chi connectivity index (χ3v) is 3.45. The summed E-state index contributed by atoms with van der Waals surface area (Å²) in [6.07, 6.45) is 2.33. The second-order valence-corrected chi connectivity index (χ2v) is 4.58. The fourth-order valence-electron chi connectivity index (χ4n) is 2.11. The Kier molecular flexibility index (Phi) is 4.73. The summed E-state index contributed by atoms with van der Waals surface area (Å²) in [5.74, 6) is -0.177. The molecule has 0 saturated heterocycles. The quantitative estimate of drug-likeness (QED) is 0.828. The summed E-state index contributed by atoms with van der Waals surface area (Å²) in [4.78, 5) is 10.8. The van der Waals surface area contributed by atoms with Crippen molar-refractivity contribution in [2.45, 2.75) is 53.5 Å². The number of nitrogens with zero attached hydrogens (tertiary/aromatic N) is 2. The second kappa shape index (κ2) is 5.84. The van der Waals surface area contributed by atoms with Crippen LogP contribution >= 0.6 is 0 Å². The first-order chi connectivity index (χ1) is 7.99. The van der Waals surface area contributed by atoms with Gasteiger partial charge in [0.25, 0.3) is 0 Å². The smallest absolute Gasteiger partial charge is 0.307 e. The van der Waals surface area contributed by atoms with Crippen LogP contribution in [0.2, 0.25) is 0 Å². The first-order valence-corrected chi connectivity index (χ1v) is 6.24. The molecule has 1 aromatic heterocycles. The maximum absolute atomic E-state index is 10.8. The van der Waals surface area contributed by atoms with Crippen LogP contribution in [0.15, 0.2) is 0 Å². The molecule has 1 rings (SSSR count). The average molecular weight is 238 g/mol. The molecular weight excluding hydrogens is 216 g/mol. The van der Waals surface area contributed by atoms with E-state index in [0.717, 1.165) is 36.3 Å². The summed E-state index contributed by atoms with van der Waals surface area (Å²) in [6, 6.07) is 0. The van der Waals surface area contributed by atoms with Gasteiger partial charge in [-0.05, 0) is 19.8 Å². The molecule has 1 aromatic rings. The van der Waals surface area contributed by atoms with Gasteiger partial charge >= 0.3 is 5.97 Å². The molecule has 4 nitrogen and oxygen atoms in total. The van der Waals surface area contributed by atoms with Gasteiger partial charge in [-0.15, -0.1) is 0 Å². The van der Waals surface area contributed by atoms with Gasteiger partial charge in [-0.25, -0.2) is 0 Å². The molecule has 0 fully saturated rings. The zero-order chi connectivity index (χ0) is 13.0. The molecule has 96 valence electrons. The monoisotopic (exact) mass is 238 g/mol. The van der Waals surface area contributed by atoms with Crippen LogP contribution in [0, 0.1) is 19.8 Å². The molecule has 0 saturated carbocycles. The minimum absolute atomic E-state index is 0.0700. The number of carboxylic acid groups (broad SMARTS) is 1. The Labute approximate surface area is 103 Å². The van der Waals surface area contributed by atoms with E-state index in [1.807, 2.05) is 18.5 Å². The number of hydrogen-bond donors (Lipinski definition) is 1. The highest BCUT2D eigenvalue weighted by atomic mass is 16.4. The van der Waals surface area contributed by atoms with Crippen LogP contribution in [0.25, 0.3) is 0 Å². The molecule has 0 bridgehead atoms. The Morgan fingerprint density at radius 2 is 1.94 bits per heavy atom. The van der Waals surface area contributed by atoms with Crippen molar-refractivity contribution in [2.24, 2.45) is 5.92 Å². The van der Waals surface area contributed by atoms with Gasteiger partial charge in [0.05, 0.1) is 12.1 Å². The highest BCUT2D eigenvalue weighted by Crippen LogP contribution is 2.17. The van der Waals surface area contributed by atoms with E-state index in [-0.39, 0.29) is 6.42 Å². The summed E-state index contributed by atoms with van der Waals surface area (Å²) >= 11 is 0. The zero-order valence-electron chi connectivity index (χ0n) is 11.2. The molecule has 1 heterocycles. The second-order valence-electron chi connectivity index (χ2n) is 4.58. The van der Waals surface area contributed by atoms with Crippen molar-refractivity contribution in [3.8, 4) is 0 Å². The van der Waals surface area contributed by atoms with Crippen LogP contribution in [0.1, 0.15) is 43.6 Å². The van der Waals surface area contributed by atoms with E-state index in [2.05, 4.69) is 18.9 Å². The highest BCUT2D eigenvalue weighted by molar-refractivity contribution is 5.70. The van der Waals surface area contributed by atoms with Gasteiger partial charge in [0.1, 0.15) is 0 Å². The summed E-state index contributed by atoms with van der Waals surface area (Å²) in [5.41, 5.74) is 2.70.